The summed E-state index contributed by atoms with van der Waals surface area (Å²) in [4.78, 5) is 11.2. The molecule has 0 amide bonds. The van der Waals surface area contributed by atoms with E-state index in [9.17, 15) is 9.90 Å². The van der Waals surface area contributed by atoms with Gasteiger partial charge in [-0.15, -0.1) is 0 Å². The van der Waals surface area contributed by atoms with Gasteiger partial charge in [0.15, 0.2) is 0 Å². The zero-order valence-electron chi connectivity index (χ0n) is 9.49. The number of hydrogen-bond donors (Lipinski definition) is 2. The van der Waals surface area contributed by atoms with Gasteiger partial charge < -0.3 is 10.4 Å². The Morgan fingerprint density at radius 1 is 1.56 bits per heavy atom. The van der Waals surface area contributed by atoms with E-state index in [-0.39, 0.29) is 0 Å². The van der Waals surface area contributed by atoms with Crippen molar-refractivity contribution in [2.24, 2.45) is 0 Å². The molecule has 1 aliphatic carbocycles. The van der Waals surface area contributed by atoms with E-state index in [0.717, 1.165) is 31.4 Å². The van der Waals surface area contributed by atoms with Crippen LogP contribution >= 0.6 is 0 Å². The summed E-state index contributed by atoms with van der Waals surface area (Å²) in [5.41, 5.74) is 2.75. The fraction of sp³-hybridized carbons (Fsp3) is 0.462. The lowest BCUT2D eigenvalue weighted by Gasteiger charge is -2.26. The highest BCUT2D eigenvalue weighted by Crippen LogP contribution is 2.33. The van der Waals surface area contributed by atoms with Crippen molar-refractivity contribution in [2.45, 2.75) is 25.2 Å². The molecule has 1 aliphatic rings. The van der Waals surface area contributed by atoms with Gasteiger partial charge in [0.05, 0.1) is 5.56 Å². The van der Waals surface area contributed by atoms with Gasteiger partial charge in [-0.25, -0.2) is 4.79 Å². The van der Waals surface area contributed by atoms with Crippen LogP contribution in [-0.4, -0.2) is 24.7 Å². The summed E-state index contributed by atoms with van der Waals surface area (Å²) < 4.78 is 0. The third-order valence-corrected chi connectivity index (χ3v) is 3.28. The maximum Gasteiger partial charge on any atom is 0.335 e. The number of aryl methyl sites for hydroxylation is 1. The Bertz CT molecular complexity index is 401. The van der Waals surface area contributed by atoms with E-state index in [1.54, 1.807) is 6.07 Å². The Labute approximate surface area is 95.5 Å². The molecule has 0 spiro atoms. The fourth-order valence-electron chi connectivity index (χ4n) is 2.63. The maximum absolute atomic E-state index is 11.2. The third-order valence-electron chi connectivity index (χ3n) is 3.28. The van der Waals surface area contributed by atoms with Crippen LogP contribution in [0, 0.1) is 0 Å². The smallest absolute Gasteiger partial charge is 0.335 e. The first-order chi connectivity index (χ1) is 7.74. The highest BCUT2D eigenvalue weighted by Gasteiger charge is 2.24. The predicted octanol–water partition coefficient (Wildman–Crippen LogP) is 2.02. The van der Waals surface area contributed by atoms with E-state index in [2.05, 4.69) is 11.4 Å². The van der Waals surface area contributed by atoms with Crippen LogP contribution in [0.25, 0.3) is 0 Å². The Morgan fingerprint density at radius 2 is 2.38 bits per heavy atom. The molecule has 16 heavy (non-hydrogen) atoms. The average molecular weight is 219 g/mol. The first-order valence-corrected chi connectivity index (χ1v) is 5.73. The average Bonchev–Trinajstić information content (AvgIpc) is 2.29. The molecule has 0 saturated heterocycles. The van der Waals surface area contributed by atoms with Crippen molar-refractivity contribution in [3.8, 4) is 0 Å². The molecule has 3 heteroatoms. The molecule has 0 aliphatic heterocycles. The van der Waals surface area contributed by atoms with Gasteiger partial charge in [-0.05, 0) is 49.4 Å². The van der Waals surface area contributed by atoms with Crippen molar-refractivity contribution in [3.63, 3.8) is 0 Å². The Morgan fingerprint density at radius 3 is 3.06 bits per heavy atom. The molecular formula is C13H17NO2. The van der Waals surface area contributed by atoms with Crippen molar-refractivity contribution in [3.05, 3.63) is 34.9 Å². The van der Waals surface area contributed by atoms with Gasteiger partial charge in [0.1, 0.15) is 0 Å². The molecule has 2 N–H and O–H groups in total. The van der Waals surface area contributed by atoms with Gasteiger partial charge in [-0.2, -0.15) is 0 Å². The quantitative estimate of drug-likeness (QED) is 0.817. The molecular weight excluding hydrogens is 202 g/mol. The van der Waals surface area contributed by atoms with Crippen molar-refractivity contribution in [1.82, 2.24) is 5.32 Å². The number of carboxylic acid groups (broad SMARTS) is 1. The molecule has 1 aromatic carbocycles. The summed E-state index contributed by atoms with van der Waals surface area (Å²) in [5.74, 6) is -0.457. The molecule has 3 nitrogen and oxygen atoms in total. The van der Waals surface area contributed by atoms with E-state index in [4.69, 9.17) is 0 Å². The highest BCUT2D eigenvalue weighted by atomic mass is 16.4. The normalized spacial score (nSPS) is 19.2. The SMILES string of the molecule is CNCC1CCCc2cccc(C(=O)O)c21. The minimum Gasteiger partial charge on any atom is -0.478 e. The van der Waals surface area contributed by atoms with Crippen LogP contribution in [0.15, 0.2) is 18.2 Å². The number of carboxylic acids is 1. The van der Waals surface area contributed by atoms with Gasteiger partial charge in [0.2, 0.25) is 0 Å². The minimum absolute atomic E-state index is 0.348. The van der Waals surface area contributed by atoms with E-state index < -0.39 is 5.97 Å². The lowest BCUT2D eigenvalue weighted by molar-refractivity contribution is 0.0694. The van der Waals surface area contributed by atoms with E-state index >= 15 is 0 Å². The number of benzene rings is 1. The number of carbonyl (C=O) groups is 1. The van der Waals surface area contributed by atoms with Crippen molar-refractivity contribution in [1.29, 1.82) is 0 Å². The topological polar surface area (TPSA) is 49.3 Å². The second-order valence-corrected chi connectivity index (χ2v) is 4.33. The van der Waals surface area contributed by atoms with E-state index in [0.29, 0.717) is 11.5 Å². The van der Waals surface area contributed by atoms with Crippen LogP contribution in [0.5, 0.6) is 0 Å². The van der Waals surface area contributed by atoms with Gasteiger partial charge in [0, 0.05) is 6.54 Å². The van der Waals surface area contributed by atoms with E-state index in [1.165, 1.54) is 5.56 Å². The number of likely N-dealkylation sites (N-methyl/N-ethyl adjacent to an activating group) is 1. The van der Waals surface area contributed by atoms with Crippen LogP contribution in [0.4, 0.5) is 0 Å². The zero-order valence-corrected chi connectivity index (χ0v) is 9.49. The number of fused-ring (bicyclic) bond motifs is 1. The first-order valence-electron chi connectivity index (χ1n) is 5.73. The minimum atomic E-state index is -0.806. The maximum atomic E-state index is 11.2. The number of hydrogen-bond acceptors (Lipinski definition) is 2. The molecule has 86 valence electrons. The van der Waals surface area contributed by atoms with Gasteiger partial charge in [-0.1, -0.05) is 12.1 Å². The molecule has 0 saturated carbocycles. The lowest BCUT2D eigenvalue weighted by Crippen LogP contribution is -2.23. The highest BCUT2D eigenvalue weighted by molar-refractivity contribution is 5.90. The molecule has 1 aromatic rings. The van der Waals surface area contributed by atoms with Crippen molar-refractivity contribution in [2.75, 3.05) is 13.6 Å². The van der Waals surface area contributed by atoms with Gasteiger partial charge in [0.25, 0.3) is 0 Å². The molecule has 2 rings (SSSR count). The molecule has 1 unspecified atom stereocenters. The first kappa shape index (κ1) is 11.1. The number of aromatic carboxylic acids is 1. The molecule has 1 atom stereocenters. The summed E-state index contributed by atoms with van der Waals surface area (Å²) in [6.07, 6.45) is 3.25. The van der Waals surface area contributed by atoms with Crippen LogP contribution < -0.4 is 5.32 Å². The predicted molar refractivity (Wildman–Crippen MR) is 63.0 cm³/mol. The standard InChI is InChI=1S/C13H17NO2/c1-14-8-10-6-2-4-9-5-3-7-11(12(9)10)13(15)16/h3,5,7,10,14H,2,4,6,8H2,1H3,(H,15,16). The molecule has 0 radical (unpaired) electrons. The third kappa shape index (κ3) is 1.95. The zero-order chi connectivity index (χ0) is 11.5. The van der Waals surface area contributed by atoms with Gasteiger partial charge >= 0.3 is 5.97 Å². The summed E-state index contributed by atoms with van der Waals surface area (Å²) in [7, 11) is 1.91. The van der Waals surface area contributed by atoms with Gasteiger partial charge in [-0.3, -0.25) is 0 Å². The van der Waals surface area contributed by atoms with Crippen LogP contribution in [0.1, 0.15) is 40.2 Å². The molecule has 0 fully saturated rings. The summed E-state index contributed by atoms with van der Waals surface area (Å²) in [6.45, 7) is 0.858. The van der Waals surface area contributed by atoms with Crippen LogP contribution in [0.3, 0.4) is 0 Å². The summed E-state index contributed by atoms with van der Waals surface area (Å²) in [6, 6.07) is 5.63. The van der Waals surface area contributed by atoms with E-state index in [1.807, 2.05) is 13.1 Å². The fourth-order valence-corrected chi connectivity index (χ4v) is 2.63. The second kappa shape index (κ2) is 4.66. The number of nitrogens with one attached hydrogen (secondary N) is 1. The molecule has 0 heterocycles. The van der Waals surface area contributed by atoms with Crippen molar-refractivity contribution < 1.29 is 9.90 Å². The van der Waals surface area contributed by atoms with Crippen molar-refractivity contribution >= 4 is 5.97 Å². The summed E-state index contributed by atoms with van der Waals surface area (Å²) in [5, 5.41) is 12.4. The Hall–Kier alpha value is -1.35. The largest absolute Gasteiger partial charge is 0.478 e. The monoisotopic (exact) mass is 219 g/mol. The second-order valence-electron chi connectivity index (χ2n) is 4.33. The Balaban J connectivity index is 2.46. The molecule has 0 bridgehead atoms. The lowest BCUT2D eigenvalue weighted by atomic mass is 9.80. The summed E-state index contributed by atoms with van der Waals surface area (Å²) >= 11 is 0. The number of rotatable bonds is 3. The molecule has 0 aromatic heterocycles. The Kier molecular flexibility index (Phi) is 3.25. The van der Waals surface area contributed by atoms with Crippen LogP contribution in [0.2, 0.25) is 0 Å². The van der Waals surface area contributed by atoms with Crippen LogP contribution in [-0.2, 0) is 6.42 Å².